The third-order valence-corrected chi connectivity index (χ3v) is 5.21. The summed E-state index contributed by atoms with van der Waals surface area (Å²) in [7, 11) is -2.53. The Morgan fingerprint density at radius 1 is 1.15 bits per heavy atom. The van der Waals surface area contributed by atoms with Crippen LogP contribution in [0.4, 0.5) is 5.69 Å². The first-order valence-corrected chi connectivity index (χ1v) is 9.68. The number of halogens is 1. The van der Waals surface area contributed by atoms with Crippen molar-refractivity contribution in [2.24, 2.45) is 5.14 Å². The van der Waals surface area contributed by atoms with E-state index in [2.05, 4.69) is 26.1 Å². The number of sulfonamides is 1. The summed E-state index contributed by atoms with van der Waals surface area (Å²) >= 11 is 5.85. The molecule has 0 saturated heterocycles. The molecule has 2 aromatic carbocycles. The number of carbonyl (C=O) groups is 1. The molecule has 0 radical (unpaired) electrons. The molecule has 0 spiro atoms. The molecule has 140 valence electrons. The number of hydrogen-bond acceptors (Lipinski definition) is 4. The lowest BCUT2D eigenvalue weighted by Gasteiger charge is -2.21. The van der Waals surface area contributed by atoms with E-state index < -0.39 is 15.9 Å². The first kappa shape index (κ1) is 20.2. The zero-order valence-electron chi connectivity index (χ0n) is 15.0. The van der Waals surface area contributed by atoms with Gasteiger partial charge in [-0.15, -0.1) is 0 Å². The van der Waals surface area contributed by atoms with E-state index in [-0.39, 0.29) is 20.9 Å². The Labute approximate surface area is 158 Å². The molecule has 0 aliphatic carbocycles. The summed E-state index contributed by atoms with van der Waals surface area (Å²) in [6, 6.07) is 9.41. The maximum Gasteiger partial charge on any atom is 0.255 e. The van der Waals surface area contributed by atoms with Gasteiger partial charge in [0.1, 0.15) is 10.6 Å². The van der Waals surface area contributed by atoms with Crippen molar-refractivity contribution in [2.45, 2.75) is 31.1 Å². The van der Waals surface area contributed by atoms with Gasteiger partial charge in [0, 0.05) is 5.56 Å². The SMILES string of the molecule is COc1ccc(C(C)(C)C)cc1NC(=O)c1ccc(Cl)c(S(N)(=O)=O)c1. The van der Waals surface area contributed by atoms with Crippen LogP contribution in [0, 0.1) is 0 Å². The number of methoxy groups -OCH3 is 1. The number of ether oxygens (including phenoxy) is 1. The van der Waals surface area contributed by atoms with Crippen molar-refractivity contribution >= 4 is 33.2 Å². The van der Waals surface area contributed by atoms with Crippen LogP contribution >= 0.6 is 11.6 Å². The average Bonchev–Trinajstić information content (AvgIpc) is 2.53. The fourth-order valence-corrected chi connectivity index (χ4v) is 3.40. The number of hydrogen-bond donors (Lipinski definition) is 2. The summed E-state index contributed by atoms with van der Waals surface area (Å²) in [6.45, 7) is 6.16. The number of nitrogens with two attached hydrogens (primary N) is 1. The van der Waals surface area contributed by atoms with E-state index in [1.165, 1.54) is 19.2 Å². The number of carbonyl (C=O) groups excluding carboxylic acids is 1. The number of primary sulfonamides is 1. The number of benzene rings is 2. The van der Waals surface area contributed by atoms with Crippen molar-refractivity contribution in [2.75, 3.05) is 12.4 Å². The van der Waals surface area contributed by atoms with Crippen LogP contribution in [-0.4, -0.2) is 21.4 Å². The van der Waals surface area contributed by atoms with E-state index in [0.29, 0.717) is 11.4 Å². The van der Waals surface area contributed by atoms with Crippen molar-refractivity contribution < 1.29 is 17.9 Å². The number of rotatable bonds is 4. The van der Waals surface area contributed by atoms with Gasteiger partial charge >= 0.3 is 0 Å². The number of amides is 1. The van der Waals surface area contributed by atoms with Gasteiger partial charge in [0.2, 0.25) is 10.0 Å². The van der Waals surface area contributed by atoms with E-state index in [1.54, 1.807) is 6.07 Å². The molecule has 0 saturated carbocycles. The average molecular weight is 397 g/mol. The topological polar surface area (TPSA) is 98.5 Å². The second kappa shape index (κ2) is 7.26. The highest BCUT2D eigenvalue weighted by molar-refractivity contribution is 7.89. The molecule has 8 heteroatoms. The third kappa shape index (κ3) is 4.55. The molecule has 0 heterocycles. The number of nitrogens with one attached hydrogen (secondary N) is 1. The summed E-state index contributed by atoms with van der Waals surface area (Å²) < 4.78 is 28.5. The van der Waals surface area contributed by atoms with Gasteiger partial charge in [0.05, 0.1) is 17.8 Å². The number of anilines is 1. The van der Waals surface area contributed by atoms with Crippen LogP contribution in [-0.2, 0) is 15.4 Å². The zero-order valence-corrected chi connectivity index (χ0v) is 16.5. The molecule has 0 atom stereocenters. The molecule has 1 amide bonds. The maximum absolute atomic E-state index is 12.6. The molecule has 0 aliphatic heterocycles. The predicted molar refractivity (Wildman–Crippen MR) is 102 cm³/mol. The predicted octanol–water partition coefficient (Wildman–Crippen LogP) is 3.55. The normalized spacial score (nSPS) is 11.9. The Morgan fingerprint density at radius 2 is 1.81 bits per heavy atom. The first-order valence-electron chi connectivity index (χ1n) is 7.75. The Morgan fingerprint density at radius 3 is 2.35 bits per heavy atom. The highest BCUT2D eigenvalue weighted by atomic mass is 35.5. The molecule has 2 aromatic rings. The molecule has 0 bridgehead atoms. The van der Waals surface area contributed by atoms with Crippen LogP contribution in [0.5, 0.6) is 5.75 Å². The van der Waals surface area contributed by atoms with Gasteiger partial charge in [-0.3, -0.25) is 4.79 Å². The highest BCUT2D eigenvalue weighted by Crippen LogP contribution is 2.32. The Balaban J connectivity index is 2.42. The Bertz CT molecular complexity index is 950. The smallest absolute Gasteiger partial charge is 0.255 e. The molecule has 2 rings (SSSR count). The summed E-state index contributed by atoms with van der Waals surface area (Å²) in [5, 5.41) is 7.83. The van der Waals surface area contributed by atoms with Gasteiger partial charge in [-0.05, 0) is 41.3 Å². The second-order valence-corrected chi connectivity index (χ2v) is 8.75. The Kier molecular flexibility index (Phi) is 5.65. The van der Waals surface area contributed by atoms with Crippen LogP contribution in [0.15, 0.2) is 41.3 Å². The lowest BCUT2D eigenvalue weighted by molar-refractivity contribution is 0.102. The van der Waals surface area contributed by atoms with E-state index in [1.807, 2.05) is 12.1 Å². The van der Waals surface area contributed by atoms with Crippen LogP contribution < -0.4 is 15.2 Å². The van der Waals surface area contributed by atoms with Crippen molar-refractivity contribution in [1.29, 1.82) is 0 Å². The standard InChI is InChI=1S/C18H21ClN2O4S/c1-18(2,3)12-6-8-15(25-4)14(10-12)21-17(22)11-5-7-13(19)16(9-11)26(20,23)24/h5-10H,1-4H3,(H,21,22)(H2,20,23,24). The molecule has 3 N–H and O–H groups in total. The molecule has 0 aliphatic rings. The van der Waals surface area contributed by atoms with Gasteiger partial charge in [-0.1, -0.05) is 38.4 Å². The lowest BCUT2D eigenvalue weighted by Crippen LogP contribution is -2.17. The van der Waals surface area contributed by atoms with Crippen LogP contribution in [0.3, 0.4) is 0 Å². The lowest BCUT2D eigenvalue weighted by atomic mass is 9.87. The van der Waals surface area contributed by atoms with E-state index in [9.17, 15) is 13.2 Å². The minimum Gasteiger partial charge on any atom is -0.495 e. The first-order chi connectivity index (χ1) is 11.9. The summed E-state index contributed by atoms with van der Waals surface area (Å²) in [4.78, 5) is 12.3. The summed E-state index contributed by atoms with van der Waals surface area (Å²) in [5.41, 5.74) is 1.49. The van der Waals surface area contributed by atoms with Crippen LogP contribution in [0.1, 0.15) is 36.7 Å². The molecular formula is C18H21ClN2O4S. The quantitative estimate of drug-likeness (QED) is 0.825. The van der Waals surface area contributed by atoms with Gasteiger partial charge in [-0.2, -0.15) is 0 Å². The summed E-state index contributed by atoms with van der Waals surface area (Å²) in [5.74, 6) is -0.0112. The molecule has 6 nitrogen and oxygen atoms in total. The Hall–Kier alpha value is -2.09. The van der Waals surface area contributed by atoms with Gasteiger partial charge in [-0.25, -0.2) is 13.6 Å². The van der Waals surface area contributed by atoms with Crippen molar-refractivity contribution in [3.8, 4) is 5.75 Å². The fraction of sp³-hybridized carbons (Fsp3) is 0.278. The molecule has 0 fully saturated rings. The van der Waals surface area contributed by atoms with E-state index in [0.717, 1.165) is 11.6 Å². The highest BCUT2D eigenvalue weighted by Gasteiger charge is 2.19. The van der Waals surface area contributed by atoms with Crippen molar-refractivity contribution in [3.63, 3.8) is 0 Å². The molecular weight excluding hydrogens is 376 g/mol. The monoisotopic (exact) mass is 396 g/mol. The molecule has 0 unspecified atom stereocenters. The molecule has 26 heavy (non-hydrogen) atoms. The van der Waals surface area contributed by atoms with Gasteiger partial charge < -0.3 is 10.1 Å². The molecule has 0 aromatic heterocycles. The largest absolute Gasteiger partial charge is 0.495 e. The maximum atomic E-state index is 12.6. The van der Waals surface area contributed by atoms with Crippen LogP contribution in [0.2, 0.25) is 5.02 Å². The van der Waals surface area contributed by atoms with Crippen LogP contribution in [0.25, 0.3) is 0 Å². The minimum atomic E-state index is -4.04. The minimum absolute atomic E-state index is 0.0450. The van der Waals surface area contributed by atoms with E-state index >= 15 is 0 Å². The summed E-state index contributed by atoms with van der Waals surface area (Å²) in [6.07, 6.45) is 0. The third-order valence-electron chi connectivity index (χ3n) is 3.81. The van der Waals surface area contributed by atoms with Crippen molar-refractivity contribution in [3.05, 3.63) is 52.5 Å². The van der Waals surface area contributed by atoms with E-state index in [4.69, 9.17) is 21.5 Å². The van der Waals surface area contributed by atoms with Crippen molar-refractivity contribution in [1.82, 2.24) is 0 Å². The fourth-order valence-electron chi connectivity index (χ4n) is 2.33. The second-order valence-electron chi connectivity index (χ2n) is 6.81. The van der Waals surface area contributed by atoms with Gasteiger partial charge in [0.15, 0.2) is 0 Å². The van der Waals surface area contributed by atoms with Gasteiger partial charge in [0.25, 0.3) is 5.91 Å². The zero-order chi connectivity index (χ0) is 19.7.